The highest BCUT2D eigenvalue weighted by Gasteiger charge is 2.64. The molecule has 0 aliphatic heterocycles. The van der Waals surface area contributed by atoms with Gasteiger partial charge in [-0.05, 0) is 36.1 Å². The Labute approximate surface area is 81.0 Å². The summed E-state index contributed by atoms with van der Waals surface area (Å²) in [5.74, 6) is -0.699. The fourth-order valence-corrected chi connectivity index (χ4v) is 2.63. The van der Waals surface area contributed by atoms with E-state index in [1.165, 1.54) is 5.56 Å². The molecule has 72 valence electrons. The van der Waals surface area contributed by atoms with E-state index in [4.69, 9.17) is 5.11 Å². The van der Waals surface area contributed by atoms with Crippen LogP contribution in [0.3, 0.4) is 0 Å². The van der Waals surface area contributed by atoms with Crippen molar-refractivity contribution in [2.75, 3.05) is 0 Å². The molecule has 3 rings (SSSR count). The van der Waals surface area contributed by atoms with Gasteiger partial charge in [-0.25, -0.2) is 0 Å². The minimum Gasteiger partial charge on any atom is -0.508 e. The zero-order valence-corrected chi connectivity index (χ0v) is 7.53. The van der Waals surface area contributed by atoms with Crippen molar-refractivity contribution in [1.82, 2.24) is 0 Å². The third kappa shape index (κ3) is 0.750. The van der Waals surface area contributed by atoms with Crippen LogP contribution in [-0.4, -0.2) is 16.2 Å². The molecule has 0 aromatic heterocycles. The van der Waals surface area contributed by atoms with Gasteiger partial charge in [0.25, 0.3) is 0 Å². The zero-order valence-electron chi connectivity index (χ0n) is 7.53. The number of fused-ring (bicyclic) bond motifs is 2. The molecule has 1 aromatic rings. The molecule has 1 fully saturated rings. The first-order valence-electron chi connectivity index (χ1n) is 4.69. The van der Waals surface area contributed by atoms with E-state index < -0.39 is 5.97 Å². The van der Waals surface area contributed by atoms with Gasteiger partial charge in [-0.1, -0.05) is 6.07 Å². The van der Waals surface area contributed by atoms with Gasteiger partial charge in [0.2, 0.25) is 0 Å². The molecular formula is C11H10O3. The number of phenols is 1. The summed E-state index contributed by atoms with van der Waals surface area (Å²) in [6.07, 6.45) is 1.60. The topological polar surface area (TPSA) is 57.5 Å². The Hall–Kier alpha value is -1.51. The number of aromatic hydroxyl groups is 1. The van der Waals surface area contributed by atoms with E-state index in [1.807, 2.05) is 6.07 Å². The molecule has 3 nitrogen and oxygen atoms in total. The number of phenolic OH excluding ortho intramolecular Hbond substituents is 1. The van der Waals surface area contributed by atoms with Crippen molar-refractivity contribution in [1.29, 1.82) is 0 Å². The van der Waals surface area contributed by atoms with Crippen LogP contribution < -0.4 is 0 Å². The zero-order chi connectivity index (χ0) is 9.92. The number of carboxylic acids is 1. The van der Waals surface area contributed by atoms with E-state index in [9.17, 15) is 9.90 Å². The lowest BCUT2D eigenvalue weighted by Crippen LogP contribution is -2.28. The Morgan fingerprint density at radius 2 is 2.29 bits per heavy atom. The predicted molar refractivity (Wildman–Crippen MR) is 49.2 cm³/mol. The molecule has 2 aliphatic carbocycles. The van der Waals surface area contributed by atoms with Crippen LogP contribution in [0.2, 0.25) is 0 Å². The number of carbonyl (C=O) groups is 1. The van der Waals surface area contributed by atoms with Crippen LogP contribution in [0.4, 0.5) is 0 Å². The van der Waals surface area contributed by atoms with Gasteiger partial charge in [0.1, 0.15) is 5.75 Å². The molecule has 14 heavy (non-hydrogen) atoms. The molecule has 0 bridgehead atoms. The van der Waals surface area contributed by atoms with Gasteiger partial charge in [0.05, 0.1) is 5.92 Å². The Bertz CT molecular complexity index is 438. The Balaban J connectivity index is 2.00. The van der Waals surface area contributed by atoms with Crippen molar-refractivity contribution in [2.45, 2.75) is 18.3 Å². The molecule has 2 aliphatic rings. The molecule has 2 atom stereocenters. The molecule has 0 radical (unpaired) electrons. The molecular weight excluding hydrogens is 180 g/mol. The first-order chi connectivity index (χ1) is 6.63. The monoisotopic (exact) mass is 190 g/mol. The summed E-state index contributed by atoms with van der Waals surface area (Å²) >= 11 is 0. The second-order valence-corrected chi connectivity index (χ2v) is 4.27. The lowest BCUT2D eigenvalue weighted by Gasteiger charge is -2.31. The molecule has 1 aromatic carbocycles. The first kappa shape index (κ1) is 7.85. The van der Waals surface area contributed by atoms with Gasteiger partial charge < -0.3 is 10.2 Å². The van der Waals surface area contributed by atoms with E-state index in [2.05, 4.69) is 0 Å². The fraction of sp³-hybridized carbons (Fsp3) is 0.364. The Morgan fingerprint density at radius 3 is 2.93 bits per heavy atom. The van der Waals surface area contributed by atoms with Gasteiger partial charge in [0.15, 0.2) is 0 Å². The van der Waals surface area contributed by atoms with E-state index in [0.29, 0.717) is 0 Å². The number of benzene rings is 1. The van der Waals surface area contributed by atoms with Gasteiger partial charge in [-0.2, -0.15) is 0 Å². The van der Waals surface area contributed by atoms with Crippen LogP contribution in [0, 0.1) is 5.92 Å². The van der Waals surface area contributed by atoms with Crippen LogP contribution in [0.1, 0.15) is 17.5 Å². The normalized spacial score (nSPS) is 32.1. The van der Waals surface area contributed by atoms with E-state index >= 15 is 0 Å². The maximum absolute atomic E-state index is 10.8. The summed E-state index contributed by atoms with van der Waals surface area (Å²) in [6.45, 7) is 0. The summed E-state index contributed by atoms with van der Waals surface area (Å²) in [5.41, 5.74) is 2.11. The minimum absolute atomic E-state index is 0.125. The summed E-state index contributed by atoms with van der Waals surface area (Å²) in [5, 5.41) is 18.2. The minimum atomic E-state index is -0.709. The number of carboxylic acid groups (broad SMARTS) is 1. The molecule has 2 N–H and O–H groups in total. The fourth-order valence-electron chi connectivity index (χ4n) is 2.63. The van der Waals surface area contributed by atoms with Crippen molar-refractivity contribution < 1.29 is 15.0 Å². The van der Waals surface area contributed by atoms with Crippen LogP contribution in [0.25, 0.3) is 0 Å². The van der Waals surface area contributed by atoms with Crippen LogP contribution in [-0.2, 0) is 16.6 Å². The summed E-state index contributed by atoms with van der Waals surface area (Å²) in [4.78, 5) is 10.8. The Morgan fingerprint density at radius 1 is 1.50 bits per heavy atom. The third-order valence-electron chi connectivity index (χ3n) is 3.51. The third-order valence-corrected chi connectivity index (χ3v) is 3.51. The van der Waals surface area contributed by atoms with Crippen molar-refractivity contribution in [3.05, 3.63) is 29.3 Å². The van der Waals surface area contributed by atoms with Crippen molar-refractivity contribution in [3.63, 3.8) is 0 Å². The maximum atomic E-state index is 10.8. The summed E-state index contributed by atoms with van der Waals surface area (Å²) in [7, 11) is 0. The maximum Gasteiger partial charge on any atom is 0.307 e. The van der Waals surface area contributed by atoms with Crippen LogP contribution in [0.15, 0.2) is 18.2 Å². The summed E-state index contributed by atoms with van der Waals surface area (Å²) < 4.78 is 0. The van der Waals surface area contributed by atoms with E-state index in [0.717, 1.165) is 18.4 Å². The number of hydrogen-bond donors (Lipinski definition) is 2. The second kappa shape index (κ2) is 2.11. The molecule has 1 saturated carbocycles. The Kier molecular flexibility index (Phi) is 1.18. The quantitative estimate of drug-likeness (QED) is 0.701. The van der Waals surface area contributed by atoms with Gasteiger partial charge in [-0.15, -0.1) is 0 Å². The molecule has 0 amide bonds. The van der Waals surface area contributed by atoms with Gasteiger partial charge in [0, 0.05) is 5.41 Å². The molecule has 0 heterocycles. The average Bonchev–Trinajstić information content (AvgIpc) is 2.85. The molecule has 0 unspecified atom stereocenters. The standard InChI is InChI=1S/C11H10O3/c12-7-2-1-6-4-11(8(6)3-7)5-9(11)10(13)14/h1-3,9,12H,4-5H2,(H,13,14)/t9-,11+/m0/s1. The predicted octanol–water partition coefficient (Wildman–Crippen LogP) is 1.29. The van der Waals surface area contributed by atoms with Gasteiger partial charge >= 0.3 is 5.97 Å². The number of hydrogen-bond acceptors (Lipinski definition) is 2. The highest BCUT2D eigenvalue weighted by molar-refractivity contribution is 5.79. The highest BCUT2D eigenvalue weighted by Crippen LogP contribution is 2.63. The van der Waals surface area contributed by atoms with Crippen molar-refractivity contribution in [2.24, 2.45) is 5.92 Å². The lowest BCUT2D eigenvalue weighted by atomic mass is 9.73. The molecule has 3 heteroatoms. The van der Waals surface area contributed by atoms with Crippen molar-refractivity contribution in [3.8, 4) is 5.75 Å². The SMILES string of the molecule is O=C(O)[C@@H]1C[C@@]12Cc1ccc(O)cc12. The number of aliphatic carboxylic acids is 1. The molecule has 1 spiro atoms. The van der Waals surface area contributed by atoms with Crippen LogP contribution in [0.5, 0.6) is 5.75 Å². The van der Waals surface area contributed by atoms with Gasteiger partial charge in [-0.3, -0.25) is 4.79 Å². The van der Waals surface area contributed by atoms with E-state index in [-0.39, 0.29) is 17.1 Å². The molecule has 0 saturated heterocycles. The number of rotatable bonds is 1. The highest BCUT2D eigenvalue weighted by atomic mass is 16.4. The smallest absolute Gasteiger partial charge is 0.307 e. The van der Waals surface area contributed by atoms with E-state index in [1.54, 1.807) is 12.1 Å². The van der Waals surface area contributed by atoms with Crippen LogP contribution >= 0.6 is 0 Å². The average molecular weight is 190 g/mol. The largest absolute Gasteiger partial charge is 0.508 e. The van der Waals surface area contributed by atoms with Crippen molar-refractivity contribution >= 4 is 5.97 Å². The summed E-state index contributed by atoms with van der Waals surface area (Å²) in [6, 6.07) is 5.25. The lowest BCUT2D eigenvalue weighted by molar-refractivity contribution is -0.139. The second-order valence-electron chi connectivity index (χ2n) is 4.27. The first-order valence-corrected chi connectivity index (χ1v) is 4.69.